The number of carbonyl (C=O) groups is 1. The molecule has 2 rings (SSSR count). The van der Waals surface area contributed by atoms with E-state index in [0.29, 0.717) is 11.8 Å². The van der Waals surface area contributed by atoms with Gasteiger partial charge in [-0.2, -0.15) is 0 Å². The first-order valence-corrected chi connectivity index (χ1v) is 5.92. The van der Waals surface area contributed by atoms with Gasteiger partial charge in [0, 0.05) is 6.54 Å². The van der Waals surface area contributed by atoms with Gasteiger partial charge in [0.05, 0.1) is 12.2 Å². The number of hydrogen-bond acceptors (Lipinski definition) is 2. The van der Waals surface area contributed by atoms with Gasteiger partial charge in [0.25, 0.3) is 0 Å². The van der Waals surface area contributed by atoms with E-state index < -0.39 is 0 Å². The lowest BCUT2D eigenvalue weighted by molar-refractivity contribution is -0.131. The quantitative estimate of drug-likeness (QED) is 0.767. The van der Waals surface area contributed by atoms with E-state index >= 15 is 0 Å². The van der Waals surface area contributed by atoms with Gasteiger partial charge < -0.3 is 4.90 Å². The van der Waals surface area contributed by atoms with Gasteiger partial charge >= 0.3 is 0 Å². The highest BCUT2D eigenvalue weighted by atomic mass is 16.2. The summed E-state index contributed by atoms with van der Waals surface area (Å²) in [5, 5.41) is 3.34. The van der Waals surface area contributed by atoms with Gasteiger partial charge in [-0.15, -0.1) is 0 Å². The van der Waals surface area contributed by atoms with Crippen LogP contribution in [0.2, 0.25) is 0 Å². The van der Waals surface area contributed by atoms with Gasteiger partial charge in [-0.3, -0.25) is 10.1 Å². The fourth-order valence-corrected chi connectivity index (χ4v) is 2.01. The number of amides is 1. The molecule has 15 heavy (non-hydrogen) atoms. The van der Waals surface area contributed by atoms with E-state index in [-0.39, 0.29) is 11.0 Å². The lowest BCUT2D eigenvalue weighted by atomic mass is 9.81. The van der Waals surface area contributed by atoms with Crippen molar-refractivity contribution in [1.29, 1.82) is 0 Å². The number of nitrogens with one attached hydrogen (secondary N) is 1. The third kappa shape index (κ3) is 1.78. The van der Waals surface area contributed by atoms with E-state index in [0.717, 1.165) is 26.1 Å². The van der Waals surface area contributed by atoms with Crippen LogP contribution in [0.1, 0.15) is 40.5 Å². The van der Waals surface area contributed by atoms with Crippen LogP contribution in [0.25, 0.3) is 0 Å². The molecular formula is C12H22N2O. The predicted molar refractivity (Wildman–Crippen MR) is 60.3 cm³/mol. The highest BCUT2D eigenvalue weighted by molar-refractivity contribution is 5.91. The molecule has 1 N–H and O–H groups in total. The van der Waals surface area contributed by atoms with E-state index in [2.05, 4.69) is 33.0 Å². The minimum atomic E-state index is -0.132. The van der Waals surface area contributed by atoms with Crippen molar-refractivity contribution >= 4 is 5.91 Å². The Morgan fingerprint density at radius 3 is 2.47 bits per heavy atom. The van der Waals surface area contributed by atoms with Crippen molar-refractivity contribution in [2.75, 3.05) is 13.2 Å². The summed E-state index contributed by atoms with van der Waals surface area (Å²) >= 11 is 0. The molecule has 1 saturated heterocycles. The average molecular weight is 210 g/mol. The van der Waals surface area contributed by atoms with Crippen molar-refractivity contribution in [3.63, 3.8) is 0 Å². The summed E-state index contributed by atoms with van der Waals surface area (Å²) in [6, 6.07) is 0. The molecule has 1 aliphatic carbocycles. The molecule has 86 valence electrons. The maximum atomic E-state index is 12.1. The van der Waals surface area contributed by atoms with E-state index in [1.165, 1.54) is 0 Å². The fourth-order valence-electron chi connectivity index (χ4n) is 2.01. The van der Waals surface area contributed by atoms with Gasteiger partial charge in [-0.25, -0.2) is 0 Å². The molecule has 0 atom stereocenters. The second-order valence-electron chi connectivity index (χ2n) is 6.06. The van der Waals surface area contributed by atoms with Crippen LogP contribution < -0.4 is 5.32 Å². The molecule has 3 heteroatoms. The van der Waals surface area contributed by atoms with E-state index in [4.69, 9.17) is 0 Å². The zero-order chi connectivity index (χ0) is 11.3. The first-order chi connectivity index (χ1) is 6.87. The number of nitrogens with zero attached hydrogens (tertiary/aromatic N) is 1. The maximum absolute atomic E-state index is 12.1. The van der Waals surface area contributed by atoms with Crippen LogP contribution in [0.4, 0.5) is 0 Å². The van der Waals surface area contributed by atoms with Crippen LogP contribution in [-0.4, -0.2) is 29.6 Å². The predicted octanol–water partition coefficient (Wildman–Crippen LogP) is 1.59. The van der Waals surface area contributed by atoms with Crippen molar-refractivity contribution < 1.29 is 4.79 Å². The van der Waals surface area contributed by atoms with Crippen LogP contribution in [0.5, 0.6) is 0 Å². The van der Waals surface area contributed by atoms with Crippen LogP contribution >= 0.6 is 0 Å². The Morgan fingerprint density at radius 2 is 2.07 bits per heavy atom. The third-order valence-corrected chi connectivity index (χ3v) is 4.22. The molecule has 0 aromatic rings. The van der Waals surface area contributed by atoms with E-state index in [1.54, 1.807) is 0 Å². The molecule has 0 aromatic carbocycles. The van der Waals surface area contributed by atoms with Crippen molar-refractivity contribution in [2.24, 2.45) is 11.3 Å². The standard InChI is InChI=1S/C12H22N2O/c1-9(2)11(3,4)7-14-8-13-12(5-6-12)10(14)15/h9,13H,5-8H2,1-4H3. The summed E-state index contributed by atoms with van der Waals surface area (Å²) in [6.07, 6.45) is 2.06. The molecule has 1 amide bonds. The lowest BCUT2D eigenvalue weighted by Crippen LogP contribution is -2.40. The topological polar surface area (TPSA) is 32.3 Å². The minimum Gasteiger partial charge on any atom is -0.328 e. The van der Waals surface area contributed by atoms with Crippen LogP contribution in [-0.2, 0) is 4.79 Å². The van der Waals surface area contributed by atoms with E-state index in [9.17, 15) is 4.79 Å². The SMILES string of the molecule is CC(C)C(C)(C)CN1CNC2(CC2)C1=O. The normalized spacial score (nSPS) is 24.3. The first kappa shape index (κ1) is 10.9. The summed E-state index contributed by atoms with van der Waals surface area (Å²) in [4.78, 5) is 14.0. The highest BCUT2D eigenvalue weighted by Crippen LogP contribution is 2.41. The molecule has 0 radical (unpaired) electrons. The Hall–Kier alpha value is -0.570. The zero-order valence-electron chi connectivity index (χ0n) is 10.3. The molecule has 0 bridgehead atoms. The van der Waals surface area contributed by atoms with Gasteiger partial charge in [-0.1, -0.05) is 27.7 Å². The number of hydrogen-bond donors (Lipinski definition) is 1. The molecule has 3 nitrogen and oxygen atoms in total. The Kier molecular flexibility index (Phi) is 2.34. The molecule has 2 fully saturated rings. The number of carbonyl (C=O) groups excluding carboxylic acids is 1. The molecule has 1 aliphatic heterocycles. The second kappa shape index (κ2) is 3.21. The van der Waals surface area contributed by atoms with Crippen LogP contribution in [0.3, 0.4) is 0 Å². The Balaban J connectivity index is 1.99. The van der Waals surface area contributed by atoms with Crippen molar-refractivity contribution in [2.45, 2.75) is 46.1 Å². The molecule has 1 saturated carbocycles. The molecule has 0 unspecified atom stereocenters. The monoisotopic (exact) mass is 210 g/mol. The van der Waals surface area contributed by atoms with Gasteiger partial charge in [0.1, 0.15) is 0 Å². The van der Waals surface area contributed by atoms with Gasteiger partial charge in [0.2, 0.25) is 5.91 Å². The third-order valence-electron chi connectivity index (χ3n) is 4.22. The largest absolute Gasteiger partial charge is 0.328 e. The summed E-state index contributed by atoms with van der Waals surface area (Å²) in [7, 11) is 0. The molecule has 2 aliphatic rings. The molecule has 1 heterocycles. The van der Waals surface area contributed by atoms with E-state index in [1.807, 2.05) is 4.90 Å². The molecule has 0 aromatic heterocycles. The first-order valence-electron chi connectivity index (χ1n) is 5.92. The summed E-state index contributed by atoms with van der Waals surface area (Å²) in [6.45, 7) is 10.5. The molecular weight excluding hydrogens is 188 g/mol. The summed E-state index contributed by atoms with van der Waals surface area (Å²) in [5.41, 5.74) is 0.0742. The maximum Gasteiger partial charge on any atom is 0.243 e. The smallest absolute Gasteiger partial charge is 0.243 e. The average Bonchev–Trinajstić information content (AvgIpc) is 2.86. The Morgan fingerprint density at radius 1 is 1.47 bits per heavy atom. The lowest BCUT2D eigenvalue weighted by Gasteiger charge is -2.33. The van der Waals surface area contributed by atoms with Gasteiger partial charge in [-0.05, 0) is 24.2 Å². The summed E-state index contributed by atoms with van der Waals surface area (Å²) < 4.78 is 0. The van der Waals surface area contributed by atoms with Crippen molar-refractivity contribution in [3.8, 4) is 0 Å². The van der Waals surface area contributed by atoms with Crippen LogP contribution in [0, 0.1) is 11.3 Å². The molecule has 1 spiro atoms. The number of rotatable bonds is 3. The Bertz CT molecular complexity index is 279. The zero-order valence-corrected chi connectivity index (χ0v) is 10.3. The fraction of sp³-hybridized carbons (Fsp3) is 0.917. The van der Waals surface area contributed by atoms with Crippen molar-refractivity contribution in [1.82, 2.24) is 10.2 Å². The van der Waals surface area contributed by atoms with Crippen LogP contribution in [0.15, 0.2) is 0 Å². The van der Waals surface area contributed by atoms with Crippen molar-refractivity contribution in [3.05, 3.63) is 0 Å². The minimum absolute atomic E-state index is 0.132. The highest BCUT2D eigenvalue weighted by Gasteiger charge is 2.56. The summed E-state index contributed by atoms with van der Waals surface area (Å²) in [5.74, 6) is 0.928. The second-order valence-corrected chi connectivity index (χ2v) is 6.06. The van der Waals surface area contributed by atoms with Gasteiger partial charge in [0.15, 0.2) is 0 Å². The Labute approximate surface area is 92.2 Å².